The minimum absolute atomic E-state index is 0.478. The molecule has 5 heteroatoms. The summed E-state index contributed by atoms with van der Waals surface area (Å²) in [5.74, 6) is 1.23. The largest absolute Gasteiger partial charge is 0.461 e. The maximum atomic E-state index is 10.4. The zero-order chi connectivity index (χ0) is 11.4. The summed E-state index contributed by atoms with van der Waals surface area (Å²) in [5, 5.41) is 3.44. The average Bonchev–Trinajstić information content (AvgIpc) is 2.85. The smallest absolute Gasteiger partial charge is 0.331 e. The Hall–Kier alpha value is -2.30. The lowest BCUT2D eigenvalue weighted by Gasteiger charge is -1.89. The van der Waals surface area contributed by atoms with Crippen molar-refractivity contribution in [3.63, 3.8) is 0 Å². The van der Waals surface area contributed by atoms with Crippen LogP contribution in [-0.4, -0.2) is 12.2 Å². The Balaban J connectivity index is 2.08. The van der Waals surface area contributed by atoms with Gasteiger partial charge >= 0.3 is 5.97 Å². The molecule has 0 saturated carbocycles. The van der Waals surface area contributed by atoms with Crippen LogP contribution >= 0.6 is 0 Å². The van der Waals surface area contributed by atoms with Gasteiger partial charge in [-0.2, -0.15) is 0 Å². The van der Waals surface area contributed by atoms with E-state index in [1.807, 2.05) is 0 Å². The van der Waals surface area contributed by atoms with E-state index < -0.39 is 5.97 Å². The monoisotopic (exact) mass is 219 g/mol. The molecule has 0 spiro atoms. The summed E-state index contributed by atoms with van der Waals surface area (Å²) in [6, 6.07) is 7.00. The van der Waals surface area contributed by atoms with E-state index in [2.05, 4.69) is 9.99 Å². The van der Waals surface area contributed by atoms with Gasteiger partial charge in [-0.05, 0) is 24.3 Å². The molecule has 0 aliphatic carbocycles. The molecule has 2 aromatic heterocycles. The number of hydrogen-bond donors (Lipinski definition) is 0. The van der Waals surface area contributed by atoms with Gasteiger partial charge in [0.2, 0.25) is 0 Å². The van der Waals surface area contributed by atoms with E-state index in [4.69, 9.17) is 8.83 Å². The average molecular weight is 219 g/mol. The van der Waals surface area contributed by atoms with Crippen LogP contribution in [0.5, 0.6) is 0 Å². The Kier molecular flexibility index (Phi) is 2.86. The zero-order valence-electron chi connectivity index (χ0n) is 8.54. The number of furan rings is 2. The first-order valence-electron chi connectivity index (χ1n) is 4.60. The fourth-order valence-corrected chi connectivity index (χ4v) is 1.13. The molecule has 0 aromatic carbocycles. The normalized spacial score (nSPS) is 10.8. The van der Waals surface area contributed by atoms with Gasteiger partial charge in [-0.25, -0.2) is 4.79 Å². The highest BCUT2D eigenvalue weighted by atomic mass is 16.7. The van der Waals surface area contributed by atoms with Gasteiger partial charge in [0, 0.05) is 6.92 Å². The number of hydrogen-bond acceptors (Lipinski definition) is 5. The van der Waals surface area contributed by atoms with Gasteiger partial charge in [-0.3, -0.25) is 0 Å². The highest BCUT2D eigenvalue weighted by molar-refractivity contribution is 5.77. The predicted molar refractivity (Wildman–Crippen MR) is 55.8 cm³/mol. The van der Waals surface area contributed by atoms with Crippen LogP contribution in [0.25, 0.3) is 11.5 Å². The fourth-order valence-electron chi connectivity index (χ4n) is 1.13. The highest BCUT2D eigenvalue weighted by Gasteiger charge is 2.05. The molecular weight excluding hydrogens is 210 g/mol. The Morgan fingerprint density at radius 3 is 2.94 bits per heavy atom. The van der Waals surface area contributed by atoms with Gasteiger partial charge in [0.25, 0.3) is 0 Å². The molecule has 0 bridgehead atoms. The molecule has 2 aromatic rings. The second kappa shape index (κ2) is 4.48. The second-order valence-corrected chi connectivity index (χ2v) is 3.00. The van der Waals surface area contributed by atoms with Crippen molar-refractivity contribution in [2.45, 2.75) is 6.92 Å². The quantitative estimate of drug-likeness (QED) is 0.451. The van der Waals surface area contributed by atoms with Crippen LogP contribution in [0.1, 0.15) is 12.7 Å². The van der Waals surface area contributed by atoms with Crippen LogP contribution in [0.2, 0.25) is 0 Å². The Morgan fingerprint density at radius 1 is 1.38 bits per heavy atom. The van der Waals surface area contributed by atoms with E-state index in [0.717, 1.165) is 0 Å². The topological polar surface area (TPSA) is 64.9 Å². The summed E-state index contributed by atoms with van der Waals surface area (Å²) in [6.07, 6.45) is 2.87. The number of rotatable bonds is 3. The molecule has 0 N–H and O–H groups in total. The van der Waals surface area contributed by atoms with Crippen LogP contribution in [-0.2, 0) is 9.63 Å². The van der Waals surface area contributed by atoms with Crippen LogP contribution in [0.15, 0.2) is 44.5 Å². The van der Waals surface area contributed by atoms with E-state index in [0.29, 0.717) is 17.3 Å². The van der Waals surface area contributed by atoms with Gasteiger partial charge < -0.3 is 13.7 Å². The second-order valence-electron chi connectivity index (χ2n) is 3.00. The molecule has 2 heterocycles. The van der Waals surface area contributed by atoms with Crippen LogP contribution in [0, 0.1) is 0 Å². The molecule has 0 aliphatic heterocycles. The minimum Gasteiger partial charge on any atom is -0.461 e. The van der Waals surface area contributed by atoms with E-state index >= 15 is 0 Å². The molecule has 0 saturated heterocycles. The molecule has 0 aliphatic rings. The SMILES string of the molecule is CC(=O)O/N=C/c1ccc(-c2ccco2)o1. The molecule has 0 unspecified atom stereocenters. The third kappa shape index (κ3) is 2.38. The molecule has 0 amide bonds. The van der Waals surface area contributed by atoms with Crippen molar-refractivity contribution < 1.29 is 18.5 Å². The first-order valence-corrected chi connectivity index (χ1v) is 4.60. The highest BCUT2D eigenvalue weighted by Crippen LogP contribution is 2.21. The van der Waals surface area contributed by atoms with Gasteiger partial charge in [0.1, 0.15) is 12.0 Å². The number of nitrogens with zero attached hydrogens (tertiary/aromatic N) is 1. The van der Waals surface area contributed by atoms with Crippen LogP contribution in [0.4, 0.5) is 0 Å². The number of oxime groups is 1. The first-order chi connectivity index (χ1) is 7.75. The van der Waals surface area contributed by atoms with Gasteiger partial charge in [-0.1, -0.05) is 5.16 Å². The van der Waals surface area contributed by atoms with Crippen molar-refractivity contribution in [1.29, 1.82) is 0 Å². The summed E-state index contributed by atoms with van der Waals surface area (Å²) >= 11 is 0. The number of carbonyl (C=O) groups is 1. The van der Waals surface area contributed by atoms with Crippen molar-refractivity contribution in [3.8, 4) is 11.5 Å². The molecule has 5 nitrogen and oxygen atoms in total. The van der Waals surface area contributed by atoms with Gasteiger partial charge in [-0.15, -0.1) is 0 Å². The Labute approximate surface area is 91.3 Å². The van der Waals surface area contributed by atoms with Crippen molar-refractivity contribution in [1.82, 2.24) is 0 Å². The predicted octanol–water partition coefficient (Wildman–Crippen LogP) is 2.44. The van der Waals surface area contributed by atoms with Crippen molar-refractivity contribution in [2.75, 3.05) is 0 Å². The third-order valence-corrected chi connectivity index (χ3v) is 1.75. The van der Waals surface area contributed by atoms with Crippen LogP contribution < -0.4 is 0 Å². The van der Waals surface area contributed by atoms with E-state index in [1.165, 1.54) is 13.1 Å². The third-order valence-electron chi connectivity index (χ3n) is 1.75. The molecule has 16 heavy (non-hydrogen) atoms. The summed E-state index contributed by atoms with van der Waals surface area (Å²) in [7, 11) is 0. The summed E-state index contributed by atoms with van der Waals surface area (Å²) in [5.41, 5.74) is 0. The minimum atomic E-state index is -0.478. The fraction of sp³-hybridized carbons (Fsp3) is 0.0909. The molecule has 0 atom stereocenters. The maximum absolute atomic E-state index is 10.4. The zero-order valence-corrected chi connectivity index (χ0v) is 8.54. The van der Waals surface area contributed by atoms with Crippen molar-refractivity contribution >= 4 is 12.2 Å². The van der Waals surface area contributed by atoms with Gasteiger partial charge in [0.15, 0.2) is 11.5 Å². The van der Waals surface area contributed by atoms with Crippen LogP contribution in [0.3, 0.4) is 0 Å². The van der Waals surface area contributed by atoms with E-state index in [9.17, 15) is 4.79 Å². The molecular formula is C11H9NO4. The molecule has 0 radical (unpaired) electrons. The molecule has 0 fully saturated rings. The first kappa shape index (κ1) is 10.2. The standard InChI is InChI=1S/C11H9NO4/c1-8(13)16-12-7-9-4-5-11(15-9)10-3-2-6-14-10/h2-7H,1H3/b12-7+. The lowest BCUT2D eigenvalue weighted by Crippen LogP contribution is -1.90. The Morgan fingerprint density at radius 2 is 2.25 bits per heavy atom. The maximum Gasteiger partial charge on any atom is 0.331 e. The Bertz CT molecular complexity index is 496. The lowest BCUT2D eigenvalue weighted by molar-refractivity contribution is -0.140. The summed E-state index contributed by atoms with van der Waals surface area (Å²) < 4.78 is 10.5. The summed E-state index contributed by atoms with van der Waals surface area (Å²) in [4.78, 5) is 14.8. The summed E-state index contributed by atoms with van der Waals surface area (Å²) in [6.45, 7) is 1.27. The molecule has 2 rings (SSSR count). The van der Waals surface area contributed by atoms with Crippen molar-refractivity contribution in [2.24, 2.45) is 5.16 Å². The molecule has 82 valence electrons. The lowest BCUT2D eigenvalue weighted by atomic mass is 10.3. The van der Waals surface area contributed by atoms with Gasteiger partial charge in [0.05, 0.1) is 6.26 Å². The van der Waals surface area contributed by atoms with E-state index in [1.54, 1.807) is 30.5 Å². The van der Waals surface area contributed by atoms with E-state index in [-0.39, 0.29) is 0 Å². The number of carbonyl (C=O) groups excluding carboxylic acids is 1. The van der Waals surface area contributed by atoms with Crippen molar-refractivity contribution in [3.05, 3.63) is 36.3 Å².